The third kappa shape index (κ3) is 4.23. The molecule has 0 heterocycles. The summed E-state index contributed by atoms with van der Waals surface area (Å²) in [6.07, 6.45) is 1.83. The van der Waals surface area contributed by atoms with Gasteiger partial charge in [-0.25, -0.2) is 4.39 Å². The Morgan fingerprint density at radius 1 is 1.31 bits per heavy atom. The smallest absolute Gasteiger partial charge is 0.175 e. The number of halogens is 1. The molecule has 0 bridgehead atoms. The number of ketones is 1. The van der Waals surface area contributed by atoms with Crippen LogP contribution in [0, 0.1) is 5.82 Å². The number of Topliss-reactive ketones (excluding diaryl/α,β-unsaturated/α-hetero) is 1. The standard InChI is InChI=1S/C12H15FO2S/c1-2-3-8-16(15)9-12(14)10-4-6-11(13)7-5-10/h4-7H,2-3,8-9H2,1H3. The van der Waals surface area contributed by atoms with Gasteiger partial charge in [0.2, 0.25) is 0 Å². The van der Waals surface area contributed by atoms with E-state index in [1.54, 1.807) is 0 Å². The molecule has 1 aromatic carbocycles. The van der Waals surface area contributed by atoms with Crippen molar-refractivity contribution in [2.24, 2.45) is 0 Å². The molecule has 0 aliphatic rings. The Morgan fingerprint density at radius 3 is 2.50 bits per heavy atom. The van der Waals surface area contributed by atoms with E-state index in [1.165, 1.54) is 24.3 Å². The third-order valence-corrected chi connectivity index (χ3v) is 3.51. The van der Waals surface area contributed by atoms with E-state index in [0.29, 0.717) is 11.3 Å². The first-order valence-electron chi connectivity index (χ1n) is 5.27. The van der Waals surface area contributed by atoms with Crippen molar-refractivity contribution in [3.8, 4) is 0 Å². The van der Waals surface area contributed by atoms with Gasteiger partial charge in [-0.15, -0.1) is 0 Å². The van der Waals surface area contributed by atoms with E-state index in [4.69, 9.17) is 0 Å². The van der Waals surface area contributed by atoms with Crippen LogP contribution < -0.4 is 0 Å². The zero-order chi connectivity index (χ0) is 12.0. The Balaban J connectivity index is 2.52. The van der Waals surface area contributed by atoms with E-state index < -0.39 is 10.8 Å². The van der Waals surface area contributed by atoms with Gasteiger partial charge in [0.15, 0.2) is 5.78 Å². The Kier molecular flexibility index (Phi) is 5.32. The molecule has 0 aliphatic heterocycles. The lowest BCUT2D eigenvalue weighted by molar-refractivity contribution is 0.102. The van der Waals surface area contributed by atoms with Crippen LogP contribution >= 0.6 is 0 Å². The van der Waals surface area contributed by atoms with Crippen molar-refractivity contribution in [3.05, 3.63) is 35.6 Å². The molecule has 16 heavy (non-hydrogen) atoms. The van der Waals surface area contributed by atoms with Crippen molar-refractivity contribution in [2.75, 3.05) is 11.5 Å². The maximum Gasteiger partial charge on any atom is 0.175 e. The highest BCUT2D eigenvalue weighted by atomic mass is 32.2. The molecule has 0 aromatic heterocycles. The summed E-state index contributed by atoms with van der Waals surface area (Å²) in [5.41, 5.74) is 0.422. The monoisotopic (exact) mass is 242 g/mol. The van der Waals surface area contributed by atoms with Gasteiger partial charge < -0.3 is 0 Å². The van der Waals surface area contributed by atoms with E-state index in [9.17, 15) is 13.4 Å². The second-order valence-electron chi connectivity index (χ2n) is 3.57. The summed E-state index contributed by atoms with van der Waals surface area (Å²) in [5.74, 6) is 0.0350. The number of hydrogen-bond donors (Lipinski definition) is 0. The lowest BCUT2D eigenvalue weighted by atomic mass is 10.1. The molecule has 4 heteroatoms. The van der Waals surface area contributed by atoms with Crippen LogP contribution in [0.2, 0.25) is 0 Å². The molecule has 0 spiro atoms. The van der Waals surface area contributed by atoms with Crippen molar-refractivity contribution >= 4 is 16.6 Å². The van der Waals surface area contributed by atoms with Crippen LogP contribution in [-0.4, -0.2) is 21.5 Å². The Labute approximate surface area is 97.3 Å². The SMILES string of the molecule is CCCCS(=O)CC(=O)c1ccc(F)cc1. The van der Waals surface area contributed by atoms with Crippen LogP contribution in [0.4, 0.5) is 4.39 Å². The minimum absolute atomic E-state index is 0.0334. The van der Waals surface area contributed by atoms with E-state index >= 15 is 0 Å². The minimum Gasteiger partial charge on any atom is -0.293 e. The number of carbonyl (C=O) groups is 1. The van der Waals surface area contributed by atoms with Gasteiger partial charge in [0.05, 0.1) is 5.75 Å². The minimum atomic E-state index is -1.10. The molecule has 0 N–H and O–H groups in total. The number of hydrogen-bond acceptors (Lipinski definition) is 2. The molecule has 1 rings (SSSR count). The van der Waals surface area contributed by atoms with Gasteiger partial charge in [-0.3, -0.25) is 9.00 Å². The van der Waals surface area contributed by atoms with Crippen LogP contribution in [-0.2, 0) is 10.8 Å². The molecule has 2 nitrogen and oxygen atoms in total. The van der Waals surface area contributed by atoms with Gasteiger partial charge >= 0.3 is 0 Å². The maximum atomic E-state index is 12.6. The molecule has 0 saturated carbocycles. The molecule has 0 saturated heterocycles. The normalized spacial score (nSPS) is 12.4. The highest BCUT2D eigenvalue weighted by Crippen LogP contribution is 2.05. The highest BCUT2D eigenvalue weighted by molar-refractivity contribution is 7.85. The van der Waals surface area contributed by atoms with Crippen LogP contribution in [0.3, 0.4) is 0 Å². The average Bonchev–Trinajstić information content (AvgIpc) is 2.27. The number of rotatable bonds is 6. The average molecular weight is 242 g/mol. The fraction of sp³-hybridized carbons (Fsp3) is 0.417. The van der Waals surface area contributed by atoms with Crippen molar-refractivity contribution in [3.63, 3.8) is 0 Å². The molecule has 88 valence electrons. The van der Waals surface area contributed by atoms with Crippen LogP contribution in [0.5, 0.6) is 0 Å². The lowest BCUT2D eigenvalue weighted by Gasteiger charge is -2.01. The first-order chi connectivity index (χ1) is 7.63. The van der Waals surface area contributed by atoms with Crippen LogP contribution in [0.25, 0.3) is 0 Å². The predicted molar refractivity (Wildman–Crippen MR) is 63.5 cm³/mol. The number of unbranched alkanes of at least 4 members (excludes halogenated alkanes) is 1. The van der Waals surface area contributed by atoms with Gasteiger partial charge in [0.1, 0.15) is 5.82 Å². The van der Waals surface area contributed by atoms with Crippen molar-refractivity contribution in [1.29, 1.82) is 0 Å². The van der Waals surface area contributed by atoms with E-state index in [-0.39, 0.29) is 17.4 Å². The summed E-state index contributed by atoms with van der Waals surface area (Å²) in [4.78, 5) is 11.6. The van der Waals surface area contributed by atoms with Gasteiger partial charge in [-0.1, -0.05) is 13.3 Å². The summed E-state index contributed by atoms with van der Waals surface area (Å²) in [7, 11) is -1.10. The first kappa shape index (κ1) is 13.0. The summed E-state index contributed by atoms with van der Waals surface area (Å²) in [6, 6.07) is 5.33. The largest absolute Gasteiger partial charge is 0.293 e. The molecule has 0 amide bonds. The van der Waals surface area contributed by atoms with E-state index in [1.807, 2.05) is 6.92 Å². The van der Waals surface area contributed by atoms with Gasteiger partial charge in [-0.05, 0) is 30.7 Å². The number of carbonyl (C=O) groups excluding carboxylic acids is 1. The molecular formula is C12H15FO2S. The van der Waals surface area contributed by atoms with Crippen LogP contribution in [0.1, 0.15) is 30.1 Å². The fourth-order valence-corrected chi connectivity index (χ4v) is 2.46. The summed E-state index contributed by atoms with van der Waals surface area (Å²) >= 11 is 0. The first-order valence-corrected chi connectivity index (χ1v) is 6.76. The third-order valence-electron chi connectivity index (χ3n) is 2.18. The van der Waals surface area contributed by atoms with E-state index in [0.717, 1.165) is 12.8 Å². The molecule has 0 fully saturated rings. The summed E-state index contributed by atoms with van der Waals surface area (Å²) < 4.78 is 24.1. The Bertz CT molecular complexity index is 373. The second-order valence-corrected chi connectivity index (χ2v) is 5.15. The molecule has 1 unspecified atom stereocenters. The number of benzene rings is 1. The second kappa shape index (κ2) is 6.53. The Morgan fingerprint density at radius 2 is 1.94 bits per heavy atom. The zero-order valence-corrected chi connectivity index (χ0v) is 10.1. The van der Waals surface area contributed by atoms with Crippen molar-refractivity contribution in [1.82, 2.24) is 0 Å². The van der Waals surface area contributed by atoms with Gasteiger partial charge in [0.25, 0.3) is 0 Å². The quantitative estimate of drug-likeness (QED) is 0.718. The van der Waals surface area contributed by atoms with Crippen molar-refractivity contribution < 1.29 is 13.4 Å². The highest BCUT2D eigenvalue weighted by Gasteiger charge is 2.10. The molecule has 1 atom stereocenters. The molecule has 0 aliphatic carbocycles. The van der Waals surface area contributed by atoms with Gasteiger partial charge in [-0.2, -0.15) is 0 Å². The van der Waals surface area contributed by atoms with E-state index in [2.05, 4.69) is 0 Å². The topological polar surface area (TPSA) is 34.1 Å². The van der Waals surface area contributed by atoms with Crippen molar-refractivity contribution in [2.45, 2.75) is 19.8 Å². The molecule has 1 aromatic rings. The zero-order valence-electron chi connectivity index (χ0n) is 9.24. The van der Waals surface area contributed by atoms with Crippen LogP contribution in [0.15, 0.2) is 24.3 Å². The molecule has 0 radical (unpaired) electrons. The molecular weight excluding hydrogens is 227 g/mol. The maximum absolute atomic E-state index is 12.6. The fourth-order valence-electron chi connectivity index (χ4n) is 1.24. The Hall–Kier alpha value is -1.03. The summed E-state index contributed by atoms with van der Waals surface area (Å²) in [5, 5.41) is 0. The lowest BCUT2D eigenvalue weighted by Crippen LogP contribution is -2.13. The summed E-state index contributed by atoms with van der Waals surface area (Å²) in [6.45, 7) is 2.01. The van der Waals surface area contributed by atoms with Gasteiger partial charge in [0, 0.05) is 22.1 Å². The predicted octanol–water partition coefficient (Wildman–Crippen LogP) is 2.56.